The Morgan fingerprint density at radius 2 is 2.19 bits per heavy atom. The molecule has 0 saturated carbocycles. The van der Waals surface area contributed by atoms with E-state index in [0.29, 0.717) is 12.5 Å². The first-order valence-corrected chi connectivity index (χ1v) is 5.62. The van der Waals surface area contributed by atoms with Crippen LogP contribution in [0, 0.1) is 5.92 Å². The molecule has 16 heavy (non-hydrogen) atoms. The lowest BCUT2D eigenvalue weighted by molar-refractivity contribution is 0.413. The molecule has 0 aliphatic carbocycles. The Morgan fingerprint density at radius 3 is 2.62 bits per heavy atom. The molecule has 0 aliphatic heterocycles. The molecule has 0 saturated heterocycles. The van der Waals surface area contributed by atoms with E-state index in [2.05, 4.69) is 24.1 Å². The second-order valence-corrected chi connectivity index (χ2v) is 4.29. The van der Waals surface area contributed by atoms with Crippen LogP contribution in [0.1, 0.15) is 20.3 Å². The van der Waals surface area contributed by atoms with Crippen LogP contribution >= 0.6 is 0 Å². The maximum atomic E-state index is 5.71. The average Bonchev–Trinajstić information content (AvgIpc) is 2.28. The summed E-state index contributed by atoms with van der Waals surface area (Å²) in [6.07, 6.45) is 2.75. The van der Waals surface area contributed by atoms with Gasteiger partial charge in [0.2, 0.25) is 0 Å². The summed E-state index contributed by atoms with van der Waals surface area (Å²) in [4.78, 5) is 4.25. The number of rotatable bonds is 6. The third kappa shape index (κ3) is 4.06. The number of nitrogens with two attached hydrogens (primary N) is 1. The highest BCUT2D eigenvalue weighted by molar-refractivity contribution is 5.38. The van der Waals surface area contributed by atoms with Crippen LogP contribution in [-0.2, 0) is 0 Å². The van der Waals surface area contributed by atoms with Gasteiger partial charge in [-0.25, -0.2) is 4.98 Å². The van der Waals surface area contributed by atoms with Gasteiger partial charge >= 0.3 is 0 Å². The molecule has 1 aromatic rings. The molecule has 1 aromatic heterocycles. The van der Waals surface area contributed by atoms with Gasteiger partial charge in [-0.15, -0.1) is 0 Å². The Bertz CT molecular complexity index is 298. The first kappa shape index (κ1) is 12.8. The summed E-state index contributed by atoms with van der Waals surface area (Å²) in [7, 11) is 1.63. The van der Waals surface area contributed by atoms with Crippen LogP contribution in [-0.4, -0.2) is 24.7 Å². The minimum Gasteiger partial charge on any atom is -0.495 e. The van der Waals surface area contributed by atoms with Gasteiger partial charge in [0, 0.05) is 12.6 Å². The second kappa shape index (κ2) is 6.33. The molecule has 90 valence electrons. The van der Waals surface area contributed by atoms with E-state index in [4.69, 9.17) is 10.5 Å². The number of aromatic nitrogens is 1. The molecule has 0 aliphatic rings. The van der Waals surface area contributed by atoms with Crippen molar-refractivity contribution >= 4 is 5.82 Å². The Balaban J connectivity index is 2.56. The molecule has 4 heteroatoms. The fraction of sp³-hybridized carbons (Fsp3) is 0.583. The topological polar surface area (TPSA) is 60.2 Å². The number of hydrogen-bond donors (Lipinski definition) is 2. The van der Waals surface area contributed by atoms with Crippen LogP contribution in [0.5, 0.6) is 5.75 Å². The van der Waals surface area contributed by atoms with Crippen LogP contribution in [0.3, 0.4) is 0 Å². The van der Waals surface area contributed by atoms with E-state index < -0.39 is 0 Å². The Hall–Kier alpha value is -1.29. The van der Waals surface area contributed by atoms with Crippen molar-refractivity contribution in [3.63, 3.8) is 0 Å². The minimum atomic E-state index is 0.279. The highest BCUT2D eigenvalue weighted by Gasteiger charge is 2.09. The SMILES string of the molecule is COc1ccc(NC(CN)CC(C)C)nc1. The number of anilines is 1. The summed E-state index contributed by atoms with van der Waals surface area (Å²) in [5.74, 6) is 2.23. The zero-order valence-electron chi connectivity index (χ0n) is 10.2. The molecule has 4 nitrogen and oxygen atoms in total. The van der Waals surface area contributed by atoms with Gasteiger partial charge in [0.05, 0.1) is 13.3 Å². The van der Waals surface area contributed by atoms with E-state index in [1.165, 1.54) is 0 Å². The van der Waals surface area contributed by atoms with Gasteiger partial charge in [-0.1, -0.05) is 13.8 Å². The average molecular weight is 223 g/mol. The molecule has 1 unspecified atom stereocenters. The normalized spacial score (nSPS) is 12.6. The molecule has 0 spiro atoms. The zero-order valence-corrected chi connectivity index (χ0v) is 10.2. The van der Waals surface area contributed by atoms with Crippen LogP contribution in [0.25, 0.3) is 0 Å². The molecule has 1 atom stereocenters. The van der Waals surface area contributed by atoms with Gasteiger partial charge in [0.15, 0.2) is 0 Å². The standard InChI is InChI=1S/C12H21N3O/c1-9(2)6-10(7-13)15-12-5-4-11(16-3)8-14-12/h4-5,8-10H,6-7,13H2,1-3H3,(H,14,15). The van der Waals surface area contributed by atoms with Gasteiger partial charge in [0.25, 0.3) is 0 Å². The third-order valence-corrected chi connectivity index (χ3v) is 2.36. The van der Waals surface area contributed by atoms with Crippen molar-refractivity contribution in [2.45, 2.75) is 26.3 Å². The van der Waals surface area contributed by atoms with Crippen molar-refractivity contribution in [2.24, 2.45) is 11.7 Å². The lowest BCUT2D eigenvalue weighted by Gasteiger charge is -2.19. The van der Waals surface area contributed by atoms with Gasteiger partial charge in [-0.05, 0) is 24.5 Å². The Kier molecular flexibility index (Phi) is 5.05. The monoisotopic (exact) mass is 223 g/mol. The van der Waals surface area contributed by atoms with Gasteiger partial charge in [-0.3, -0.25) is 0 Å². The van der Waals surface area contributed by atoms with E-state index in [1.54, 1.807) is 13.3 Å². The third-order valence-electron chi connectivity index (χ3n) is 2.36. The summed E-state index contributed by atoms with van der Waals surface area (Å²) in [6, 6.07) is 4.07. The molecular weight excluding hydrogens is 202 g/mol. The number of ether oxygens (including phenoxy) is 1. The largest absolute Gasteiger partial charge is 0.495 e. The molecule has 3 N–H and O–H groups in total. The first-order valence-electron chi connectivity index (χ1n) is 5.62. The fourth-order valence-corrected chi connectivity index (χ4v) is 1.58. The van der Waals surface area contributed by atoms with Crippen molar-refractivity contribution in [1.82, 2.24) is 4.98 Å². The Morgan fingerprint density at radius 1 is 1.44 bits per heavy atom. The molecule has 0 aromatic carbocycles. The number of hydrogen-bond acceptors (Lipinski definition) is 4. The number of nitrogens with one attached hydrogen (secondary N) is 1. The first-order chi connectivity index (χ1) is 7.65. The summed E-state index contributed by atoms with van der Waals surface area (Å²) >= 11 is 0. The highest BCUT2D eigenvalue weighted by atomic mass is 16.5. The predicted octanol–water partition coefficient (Wildman–Crippen LogP) is 1.88. The highest BCUT2D eigenvalue weighted by Crippen LogP contribution is 2.14. The maximum absolute atomic E-state index is 5.71. The van der Waals surface area contributed by atoms with E-state index >= 15 is 0 Å². The molecule has 0 bridgehead atoms. The summed E-state index contributed by atoms with van der Waals surface area (Å²) in [5.41, 5.74) is 5.71. The van der Waals surface area contributed by atoms with E-state index in [1.807, 2.05) is 12.1 Å². The van der Waals surface area contributed by atoms with E-state index in [9.17, 15) is 0 Å². The summed E-state index contributed by atoms with van der Waals surface area (Å²) in [6.45, 7) is 4.99. The van der Waals surface area contributed by atoms with Crippen LogP contribution in [0.2, 0.25) is 0 Å². The molecule has 0 amide bonds. The fourth-order valence-electron chi connectivity index (χ4n) is 1.58. The molecule has 0 radical (unpaired) electrons. The van der Waals surface area contributed by atoms with Gasteiger partial charge < -0.3 is 15.8 Å². The number of methoxy groups -OCH3 is 1. The minimum absolute atomic E-state index is 0.279. The number of pyridine rings is 1. The van der Waals surface area contributed by atoms with Crippen molar-refractivity contribution < 1.29 is 4.74 Å². The lowest BCUT2D eigenvalue weighted by atomic mass is 10.0. The number of nitrogens with zero attached hydrogens (tertiary/aromatic N) is 1. The molecular formula is C12H21N3O. The zero-order chi connectivity index (χ0) is 12.0. The molecule has 1 rings (SSSR count). The van der Waals surface area contributed by atoms with Crippen LogP contribution in [0.15, 0.2) is 18.3 Å². The van der Waals surface area contributed by atoms with E-state index in [-0.39, 0.29) is 6.04 Å². The van der Waals surface area contributed by atoms with Crippen molar-refractivity contribution in [3.05, 3.63) is 18.3 Å². The van der Waals surface area contributed by atoms with Gasteiger partial charge in [-0.2, -0.15) is 0 Å². The predicted molar refractivity (Wildman–Crippen MR) is 66.7 cm³/mol. The quantitative estimate of drug-likeness (QED) is 0.773. The van der Waals surface area contributed by atoms with Crippen molar-refractivity contribution in [1.29, 1.82) is 0 Å². The molecule has 0 fully saturated rings. The van der Waals surface area contributed by atoms with E-state index in [0.717, 1.165) is 18.0 Å². The lowest BCUT2D eigenvalue weighted by Crippen LogP contribution is -2.30. The van der Waals surface area contributed by atoms with Gasteiger partial charge in [0.1, 0.15) is 11.6 Å². The molecule has 1 heterocycles. The van der Waals surface area contributed by atoms with Crippen LogP contribution in [0.4, 0.5) is 5.82 Å². The second-order valence-electron chi connectivity index (χ2n) is 4.29. The summed E-state index contributed by atoms with van der Waals surface area (Å²) < 4.78 is 5.05. The Labute approximate surface area is 97.2 Å². The smallest absolute Gasteiger partial charge is 0.137 e. The van der Waals surface area contributed by atoms with Crippen LogP contribution < -0.4 is 15.8 Å². The van der Waals surface area contributed by atoms with Crippen molar-refractivity contribution in [2.75, 3.05) is 19.0 Å². The maximum Gasteiger partial charge on any atom is 0.137 e. The van der Waals surface area contributed by atoms with Crippen molar-refractivity contribution in [3.8, 4) is 5.75 Å². The summed E-state index contributed by atoms with van der Waals surface area (Å²) in [5, 5.41) is 3.32.